The Labute approximate surface area is 106 Å². The molecule has 0 bridgehead atoms. The number of piperazine rings is 1. The molecule has 1 rings (SSSR count). The summed E-state index contributed by atoms with van der Waals surface area (Å²) in [5.41, 5.74) is 0. The maximum Gasteiger partial charge on any atom is 0.0110 e. The second kappa shape index (κ2) is 7.57. The van der Waals surface area contributed by atoms with Gasteiger partial charge in [0.2, 0.25) is 0 Å². The summed E-state index contributed by atoms with van der Waals surface area (Å²) in [5.74, 6) is 2.14. The summed E-state index contributed by atoms with van der Waals surface area (Å²) in [7, 11) is 2.22. The zero-order valence-corrected chi connectivity index (χ0v) is 12.2. The predicted octanol–water partition coefficient (Wildman–Crippen LogP) is 2.40. The predicted molar refractivity (Wildman–Crippen MR) is 75.3 cm³/mol. The summed E-state index contributed by atoms with van der Waals surface area (Å²) in [5, 5.41) is 0.812. The smallest absolute Gasteiger partial charge is 0.0110 e. The highest BCUT2D eigenvalue weighted by atomic mass is 32.2. The number of hydrogen-bond acceptors (Lipinski definition) is 3. The van der Waals surface area contributed by atoms with Crippen molar-refractivity contribution in [2.24, 2.45) is 5.92 Å². The SMILES string of the molecule is CC(C)[C@H](C)SCCCN1CCN(C)CC1. The van der Waals surface area contributed by atoms with Gasteiger partial charge in [-0.1, -0.05) is 20.8 Å². The van der Waals surface area contributed by atoms with Crippen LogP contribution in [0.2, 0.25) is 0 Å². The average Bonchev–Trinajstić information content (AvgIpc) is 2.26. The lowest BCUT2D eigenvalue weighted by molar-refractivity contribution is 0.154. The maximum atomic E-state index is 2.61. The van der Waals surface area contributed by atoms with Crippen molar-refractivity contribution >= 4 is 11.8 Å². The second-order valence-corrected chi connectivity index (χ2v) is 6.80. The van der Waals surface area contributed by atoms with Crippen molar-refractivity contribution in [1.29, 1.82) is 0 Å². The van der Waals surface area contributed by atoms with Gasteiger partial charge in [0.25, 0.3) is 0 Å². The Balaban J connectivity index is 1.99. The van der Waals surface area contributed by atoms with Gasteiger partial charge in [-0.3, -0.25) is 0 Å². The van der Waals surface area contributed by atoms with Crippen LogP contribution in [0.4, 0.5) is 0 Å². The van der Waals surface area contributed by atoms with Gasteiger partial charge in [0.05, 0.1) is 0 Å². The van der Waals surface area contributed by atoms with E-state index in [-0.39, 0.29) is 0 Å². The van der Waals surface area contributed by atoms with E-state index in [0.717, 1.165) is 11.2 Å². The molecule has 3 heteroatoms. The molecule has 0 spiro atoms. The van der Waals surface area contributed by atoms with Gasteiger partial charge in [0.1, 0.15) is 0 Å². The number of hydrogen-bond donors (Lipinski definition) is 0. The number of likely N-dealkylation sites (N-methyl/N-ethyl adjacent to an activating group) is 1. The lowest BCUT2D eigenvalue weighted by Crippen LogP contribution is -2.44. The van der Waals surface area contributed by atoms with E-state index in [1.54, 1.807) is 0 Å². The quantitative estimate of drug-likeness (QED) is 0.663. The van der Waals surface area contributed by atoms with Crippen LogP contribution in [0.25, 0.3) is 0 Å². The molecule has 0 aliphatic carbocycles. The van der Waals surface area contributed by atoms with Gasteiger partial charge in [0, 0.05) is 31.4 Å². The zero-order valence-electron chi connectivity index (χ0n) is 11.4. The molecule has 0 aromatic carbocycles. The molecule has 0 N–H and O–H groups in total. The largest absolute Gasteiger partial charge is 0.304 e. The maximum absolute atomic E-state index is 2.61. The van der Waals surface area contributed by atoms with Crippen LogP contribution in [-0.4, -0.2) is 60.6 Å². The summed E-state index contributed by atoms with van der Waals surface area (Å²) in [6.07, 6.45) is 1.35. The highest BCUT2D eigenvalue weighted by Gasteiger charge is 2.13. The van der Waals surface area contributed by atoms with Crippen molar-refractivity contribution in [3.05, 3.63) is 0 Å². The molecule has 1 saturated heterocycles. The first-order valence-electron chi connectivity index (χ1n) is 6.62. The van der Waals surface area contributed by atoms with Crippen molar-refractivity contribution in [3.8, 4) is 0 Å². The number of rotatable bonds is 6. The van der Waals surface area contributed by atoms with E-state index in [0.29, 0.717) is 0 Å². The van der Waals surface area contributed by atoms with E-state index < -0.39 is 0 Å². The molecular weight excluding hydrogens is 216 g/mol. The fourth-order valence-corrected chi connectivity index (χ4v) is 2.87. The van der Waals surface area contributed by atoms with Gasteiger partial charge in [0.15, 0.2) is 0 Å². The van der Waals surface area contributed by atoms with Crippen LogP contribution < -0.4 is 0 Å². The van der Waals surface area contributed by atoms with Crippen LogP contribution in [0.15, 0.2) is 0 Å². The highest BCUT2D eigenvalue weighted by molar-refractivity contribution is 7.99. The van der Waals surface area contributed by atoms with E-state index >= 15 is 0 Å². The van der Waals surface area contributed by atoms with Gasteiger partial charge < -0.3 is 9.80 Å². The molecule has 2 nitrogen and oxygen atoms in total. The summed E-state index contributed by atoms with van der Waals surface area (Å²) < 4.78 is 0. The second-order valence-electron chi connectivity index (χ2n) is 5.32. The topological polar surface area (TPSA) is 6.48 Å². The Morgan fingerprint density at radius 3 is 2.25 bits per heavy atom. The highest BCUT2D eigenvalue weighted by Crippen LogP contribution is 2.19. The fraction of sp³-hybridized carbons (Fsp3) is 1.00. The van der Waals surface area contributed by atoms with Crippen molar-refractivity contribution in [2.75, 3.05) is 45.5 Å². The van der Waals surface area contributed by atoms with Crippen LogP contribution >= 0.6 is 11.8 Å². The normalized spacial score (nSPS) is 21.6. The fourth-order valence-electron chi connectivity index (χ4n) is 1.82. The van der Waals surface area contributed by atoms with Crippen molar-refractivity contribution in [3.63, 3.8) is 0 Å². The summed E-state index contributed by atoms with van der Waals surface area (Å²) in [6.45, 7) is 13.3. The zero-order chi connectivity index (χ0) is 12.0. The summed E-state index contributed by atoms with van der Waals surface area (Å²) >= 11 is 2.14. The average molecular weight is 244 g/mol. The van der Waals surface area contributed by atoms with Gasteiger partial charge >= 0.3 is 0 Å². The van der Waals surface area contributed by atoms with Crippen LogP contribution in [-0.2, 0) is 0 Å². The lowest BCUT2D eigenvalue weighted by atomic mass is 10.2. The minimum absolute atomic E-state index is 0.812. The van der Waals surface area contributed by atoms with E-state index in [4.69, 9.17) is 0 Å². The molecule has 96 valence electrons. The third-order valence-electron chi connectivity index (χ3n) is 3.53. The molecule has 0 unspecified atom stereocenters. The molecule has 16 heavy (non-hydrogen) atoms. The van der Waals surface area contributed by atoms with E-state index in [1.807, 2.05) is 0 Å². The minimum atomic E-state index is 0.812. The van der Waals surface area contributed by atoms with Gasteiger partial charge in [-0.15, -0.1) is 0 Å². The van der Waals surface area contributed by atoms with Crippen molar-refractivity contribution < 1.29 is 0 Å². The molecule has 0 aromatic rings. The Morgan fingerprint density at radius 1 is 1.06 bits per heavy atom. The molecular formula is C13H28N2S. The van der Waals surface area contributed by atoms with Crippen LogP contribution in [0.5, 0.6) is 0 Å². The Bertz CT molecular complexity index is 177. The molecule has 1 heterocycles. The third-order valence-corrected chi connectivity index (χ3v) is 5.13. The molecule has 1 aliphatic rings. The van der Waals surface area contributed by atoms with Gasteiger partial charge in [-0.2, -0.15) is 11.8 Å². The first kappa shape index (κ1) is 14.3. The molecule has 0 aromatic heterocycles. The molecule has 1 fully saturated rings. The van der Waals surface area contributed by atoms with Gasteiger partial charge in [-0.25, -0.2) is 0 Å². The Morgan fingerprint density at radius 2 is 1.69 bits per heavy atom. The standard InChI is InChI=1S/C13H28N2S/c1-12(2)13(3)16-11-5-6-15-9-7-14(4)8-10-15/h12-13H,5-11H2,1-4H3/t13-/m0/s1. The van der Waals surface area contributed by atoms with Crippen LogP contribution in [0, 0.1) is 5.92 Å². The first-order chi connectivity index (χ1) is 7.59. The first-order valence-corrected chi connectivity index (χ1v) is 7.67. The molecule has 0 radical (unpaired) electrons. The minimum Gasteiger partial charge on any atom is -0.304 e. The van der Waals surface area contributed by atoms with Crippen LogP contribution in [0.1, 0.15) is 27.2 Å². The van der Waals surface area contributed by atoms with Gasteiger partial charge in [-0.05, 0) is 31.7 Å². The molecule has 1 atom stereocenters. The summed E-state index contributed by atoms with van der Waals surface area (Å²) in [4.78, 5) is 5.03. The van der Waals surface area contributed by atoms with E-state index in [1.165, 1.54) is 44.9 Å². The van der Waals surface area contributed by atoms with Crippen LogP contribution in [0.3, 0.4) is 0 Å². The summed E-state index contributed by atoms with van der Waals surface area (Å²) in [6, 6.07) is 0. The number of nitrogens with zero attached hydrogens (tertiary/aromatic N) is 2. The molecule has 0 amide bonds. The van der Waals surface area contributed by atoms with Crippen molar-refractivity contribution in [1.82, 2.24) is 9.80 Å². The molecule has 1 aliphatic heterocycles. The molecule has 0 saturated carbocycles. The van der Waals surface area contributed by atoms with Crippen molar-refractivity contribution in [2.45, 2.75) is 32.4 Å². The lowest BCUT2D eigenvalue weighted by Gasteiger charge is -2.32. The third kappa shape index (κ3) is 5.55. The Hall–Kier alpha value is 0.270. The van der Waals surface area contributed by atoms with E-state index in [2.05, 4.69) is 49.4 Å². The monoisotopic (exact) mass is 244 g/mol. The Kier molecular flexibility index (Phi) is 6.78. The number of thioether (sulfide) groups is 1. The van der Waals surface area contributed by atoms with E-state index in [9.17, 15) is 0 Å².